The Morgan fingerprint density at radius 2 is 2.05 bits per heavy atom. The van der Waals surface area contributed by atoms with Gasteiger partial charge in [0.25, 0.3) is 0 Å². The van der Waals surface area contributed by atoms with Crippen LogP contribution in [0.2, 0.25) is 0 Å². The van der Waals surface area contributed by atoms with Crippen molar-refractivity contribution in [3.63, 3.8) is 0 Å². The third-order valence-corrected chi connectivity index (χ3v) is 5.16. The van der Waals surface area contributed by atoms with Crippen LogP contribution in [-0.2, 0) is 14.2 Å². The number of hydrogen-bond donors (Lipinski definition) is 1. The molecule has 0 saturated carbocycles. The maximum Gasteiger partial charge on any atom is 0.0824 e. The van der Waals surface area contributed by atoms with Gasteiger partial charge in [-0.25, -0.2) is 0 Å². The van der Waals surface area contributed by atoms with Crippen molar-refractivity contribution in [3.8, 4) is 0 Å². The second-order valence-electron chi connectivity index (χ2n) is 6.53. The van der Waals surface area contributed by atoms with E-state index in [1.165, 1.54) is 0 Å². The highest BCUT2D eigenvalue weighted by molar-refractivity contribution is 4.95. The molecule has 20 heavy (non-hydrogen) atoms. The second kappa shape index (κ2) is 6.28. The highest BCUT2D eigenvalue weighted by Gasteiger charge is 2.42. The number of rotatable bonds is 2. The minimum absolute atomic E-state index is 0.0669. The molecular weight excluding hydrogens is 256 g/mol. The monoisotopic (exact) mass is 284 g/mol. The van der Waals surface area contributed by atoms with Crippen LogP contribution in [0.4, 0.5) is 0 Å². The maximum absolute atomic E-state index is 6.15. The molecule has 0 amide bonds. The van der Waals surface area contributed by atoms with Crippen molar-refractivity contribution in [1.29, 1.82) is 0 Å². The van der Waals surface area contributed by atoms with Gasteiger partial charge in [-0.05, 0) is 32.6 Å². The highest BCUT2D eigenvalue weighted by atomic mass is 16.5. The van der Waals surface area contributed by atoms with Crippen molar-refractivity contribution in [2.75, 3.05) is 39.5 Å². The van der Waals surface area contributed by atoms with Crippen LogP contribution in [0.25, 0.3) is 0 Å². The van der Waals surface area contributed by atoms with E-state index < -0.39 is 0 Å². The van der Waals surface area contributed by atoms with Gasteiger partial charge in [-0.3, -0.25) is 4.90 Å². The maximum atomic E-state index is 6.15. The Morgan fingerprint density at radius 3 is 2.80 bits per heavy atom. The van der Waals surface area contributed by atoms with Crippen LogP contribution in [0, 0.1) is 0 Å². The van der Waals surface area contributed by atoms with Crippen molar-refractivity contribution in [1.82, 2.24) is 4.90 Å². The van der Waals surface area contributed by atoms with E-state index in [-0.39, 0.29) is 11.7 Å². The minimum atomic E-state index is 0.0669. The fraction of sp³-hybridized carbons (Fsp3) is 1.00. The Morgan fingerprint density at radius 1 is 1.25 bits per heavy atom. The SMILES string of the molecule is CC1COC(CN)CN1C1CCOC2(CCOCC2)C1. The fourth-order valence-electron chi connectivity index (χ4n) is 3.87. The predicted octanol–water partition coefficient (Wildman–Crippen LogP) is 0.763. The lowest BCUT2D eigenvalue weighted by Crippen LogP contribution is -2.58. The summed E-state index contributed by atoms with van der Waals surface area (Å²) in [4.78, 5) is 2.61. The Kier molecular flexibility index (Phi) is 4.62. The fourth-order valence-corrected chi connectivity index (χ4v) is 3.87. The summed E-state index contributed by atoms with van der Waals surface area (Å²) in [5.41, 5.74) is 5.85. The molecule has 3 unspecified atom stereocenters. The molecule has 3 saturated heterocycles. The first kappa shape index (κ1) is 14.7. The van der Waals surface area contributed by atoms with E-state index in [1.54, 1.807) is 0 Å². The van der Waals surface area contributed by atoms with Crippen LogP contribution in [0.15, 0.2) is 0 Å². The molecule has 3 aliphatic heterocycles. The average Bonchev–Trinajstić information content (AvgIpc) is 2.48. The molecule has 0 aromatic carbocycles. The van der Waals surface area contributed by atoms with Crippen LogP contribution >= 0.6 is 0 Å². The van der Waals surface area contributed by atoms with Crippen LogP contribution < -0.4 is 5.73 Å². The first-order valence-electron chi connectivity index (χ1n) is 8.01. The summed E-state index contributed by atoms with van der Waals surface area (Å²) in [6.45, 7) is 7.21. The van der Waals surface area contributed by atoms with E-state index in [2.05, 4.69) is 11.8 Å². The van der Waals surface area contributed by atoms with Crippen molar-refractivity contribution in [2.45, 2.75) is 56.4 Å². The van der Waals surface area contributed by atoms with Gasteiger partial charge in [0.05, 0.1) is 18.3 Å². The molecule has 3 fully saturated rings. The minimum Gasteiger partial charge on any atom is -0.381 e. The van der Waals surface area contributed by atoms with E-state index in [0.29, 0.717) is 18.6 Å². The van der Waals surface area contributed by atoms with E-state index >= 15 is 0 Å². The number of nitrogens with two attached hydrogens (primary N) is 1. The Labute approximate surface area is 121 Å². The van der Waals surface area contributed by atoms with E-state index in [0.717, 1.165) is 58.7 Å². The molecule has 3 rings (SSSR count). The number of morpholine rings is 1. The van der Waals surface area contributed by atoms with Gasteiger partial charge in [-0.15, -0.1) is 0 Å². The number of ether oxygens (including phenoxy) is 3. The molecule has 3 heterocycles. The molecule has 0 aromatic heterocycles. The van der Waals surface area contributed by atoms with Crippen molar-refractivity contribution >= 4 is 0 Å². The van der Waals surface area contributed by atoms with E-state index in [9.17, 15) is 0 Å². The van der Waals surface area contributed by atoms with Crippen LogP contribution in [0.1, 0.15) is 32.6 Å². The largest absolute Gasteiger partial charge is 0.381 e. The topological polar surface area (TPSA) is 57.0 Å². The molecule has 1 spiro atoms. The summed E-state index contributed by atoms with van der Waals surface area (Å²) in [6.07, 6.45) is 4.55. The Hall–Kier alpha value is -0.200. The first-order chi connectivity index (χ1) is 9.72. The smallest absolute Gasteiger partial charge is 0.0824 e. The molecule has 0 bridgehead atoms. The zero-order valence-electron chi connectivity index (χ0n) is 12.6. The molecular formula is C15H28N2O3. The second-order valence-corrected chi connectivity index (χ2v) is 6.53. The Balaban J connectivity index is 1.66. The lowest BCUT2D eigenvalue weighted by molar-refractivity contribution is -0.165. The third kappa shape index (κ3) is 3.02. The van der Waals surface area contributed by atoms with Gasteiger partial charge in [-0.1, -0.05) is 0 Å². The zero-order valence-corrected chi connectivity index (χ0v) is 12.6. The van der Waals surface area contributed by atoms with Crippen LogP contribution in [0.5, 0.6) is 0 Å². The summed E-state index contributed by atoms with van der Waals surface area (Å²) in [6, 6.07) is 1.09. The summed E-state index contributed by atoms with van der Waals surface area (Å²) < 4.78 is 17.4. The molecule has 3 atom stereocenters. The zero-order chi connectivity index (χ0) is 14.0. The summed E-state index contributed by atoms with van der Waals surface area (Å²) in [5.74, 6) is 0. The van der Waals surface area contributed by atoms with Gasteiger partial charge in [0.1, 0.15) is 0 Å². The van der Waals surface area contributed by atoms with Crippen LogP contribution in [-0.4, -0.2) is 68.2 Å². The highest BCUT2D eigenvalue weighted by Crippen LogP contribution is 2.37. The number of hydrogen-bond acceptors (Lipinski definition) is 5. The standard InChI is InChI=1S/C15H28N2O3/c1-12-11-19-14(9-16)10-17(12)13-2-5-20-15(8-13)3-6-18-7-4-15/h12-14H,2-11,16H2,1H3. The van der Waals surface area contributed by atoms with Gasteiger partial charge in [0.15, 0.2) is 0 Å². The molecule has 0 aromatic rings. The van der Waals surface area contributed by atoms with Gasteiger partial charge in [-0.2, -0.15) is 0 Å². The molecule has 5 nitrogen and oxygen atoms in total. The van der Waals surface area contributed by atoms with Crippen molar-refractivity contribution in [3.05, 3.63) is 0 Å². The lowest BCUT2D eigenvalue weighted by Gasteiger charge is -2.49. The molecule has 0 aliphatic carbocycles. The van der Waals surface area contributed by atoms with Gasteiger partial charge < -0.3 is 19.9 Å². The molecule has 0 radical (unpaired) electrons. The lowest BCUT2D eigenvalue weighted by atomic mass is 9.83. The predicted molar refractivity (Wildman–Crippen MR) is 76.7 cm³/mol. The van der Waals surface area contributed by atoms with Crippen molar-refractivity contribution < 1.29 is 14.2 Å². The number of nitrogens with zero attached hydrogens (tertiary/aromatic N) is 1. The van der Waals surface area contributed by atoms with Crippen LogP contribution in [0.3, 0.4) is 0 Å². The van der Waals surface area contributed by atoms with Gasteiger partial charge in [0.2, 0.25) is 0 Å². The van der Waals surface area contributed by atoms with Gasteiger partial charge in [0, 0.05) is 45.0 Å². The normalized spacial score (nSPS) is 39.0. The summed E-state index contributed by atoms with van der Waals surface area (Å²) in [5, 5.41) is 0. The summed E-state index contributed by atoms with van der Waals surface area (Å²) >= 11 is 0. The molecule has 3 aliphatic rings. The first-order valence-corrected chi connectivity index (χ1v) is 8.01. The molecule has 5 heteroatoms. The quantitative estimate of drug-likeness (QED) is 0.811. The van der Waals surface area contributed by atoms with Gasteiger partial charge >= 0.3 is 0 Å². The molecule has 116 valence electrons. The van der Waals surface area contributed by atoms with E-state index in [4.69, 9.17) is 19.9 Å². The van der Waals surface area contributed by atoms with E-state index in [1.807, 2.05) is 0 Å². The third-order valence-electron chi connectivity index (χ3n) is 5.16. The van der Waals surface area contributed by atoms with Crippen molar-refractivity contribution in [2.24, 2.45) is 5.73 Å². The molecule has 2 N–H and O–H groups in total. The summed E-state index contributed by atoms with van der Waals surface area (Å²) in [7, 11) is 0. The Bertz CT molecular complexity index is 315. The average molecular weight is 284 g/mol.